The quantitative estimate of drug-likeness (QED) is 0.736. The normalized spacial score (nSPS) is 18.5. The highest BCUT2D eigenvalue weighted by atomic mass is 35.5. The van der Waals surface area contributed by atoms with Crippen molar-refractivity contribution in [2.75, 3.05) is 13.1 Å². The first kappa shape index (κ1) is 12.7. The fourth-order valence-corrected chi connectivity index (χ4v) is 2.38. The van der Waals surface area contributed by atoms with Gasteiger partial charge in [-0.25, -0.2) is 4.98 Å². The Morgan fingerprint density at radius 3 is 2.76 bits per heavy atom. The van der Waals surface area contributed by atoms with Gasteiger partial charge in [0.25, 0.3) is 5.91 Å². The molecular weight excluding hydrogens is 259 g/mol. The van der Waals surface area contributed by atoms with Crippen molar-refractivity contribution >= 4 is 29.1 Å². The molecule has 1 aromatic rings. The van der Waals surface area contributed by atoms with Crippen LogP contribution in [0.4, 0.5) is 0 Å². The zero-order valence-corrected chi connectivity index (χ0v) is 11.3. The molecule has 1 aromatic heterocycles. The molecule has 0 N–H and O–H groups in total. The monoisotopic (exact) mass is 272 g/mol. The Kier molecular flexibility index (Phi) is 3.32. The van der Waals surface area contributed by atoms with Crippen molar-refractivity contribution in [2.24, 2.45) is 5.41 Å². The average Bonchev–Trinajstić information content (AvgIpc) is 2.61. The van der Waals surface area contributed by atoms with Gasteiger partial charge >= 0.3 is 0 Å². The number of pyridine rings is 1. The first-order valence-corrected chi connectivity index (χ1v) is 6.25. The van der Waals surface area contributed by atoms with E-state index < -0.39 is 0 Å². The Balaban J connectivity index is 2.23. The van der Waals surface area contributed by atoms with E-state index in [1.165, 1.54) is 12.3 Å². The highest BCUT2D eigenvalue weighted by molar-refractivity contribution is 6.35. The Bertz CT molecular complexity index is 460. The molecule has 1 amide bonds. The third kappa shape index (κ3) is 2.72. The Labute approximate surface area is 111 Å². The van der Waals surface area contributed by atoms with Crippen LogP contribution in [-0.2, 0) is 0 Å². The summed E-state index contributed by atoms with van der Waals surface area (Å²) in [4.78, 5) is 17.9. The van der Waals surface area contributed by atoms with Gasteiger partial charge in [-0.05, 0) is 17.9 Å². The van der Waals surface area contributed by atoms with Crippen molar-refractivity contribution < 1.29 is 4.79 Å². The maximum Gasteiger partial charge on any atom is 0.255 e. The number of halogens is 2. The number of carbonyl (C=O) groups excluding carboxylic acids is 1. The summed E-state index contributed by atoms with van der Waals surface area (Å²) >= 11 is 11.8. The van der Waals surface area contributed by atoms with Crippen LogP contribution < -0.4 is 0 Å². The largest absolute Gasteiger partial charge is 0.338 e. The molecule has 0 atom stereocenters. The molecule has 3 nitrogen and oxygen atoms in total. The Hall–Kier alpha value is -0.800. The molecule has 0 radical (unpaired) electrons. The van der Waals surface area contributed by atoms with Gasteiger partial charge in [-0.2, -0.15) is 0 Å². The summed E-state index contributed by atoms with van der Waals surface area (Å²) in [6.07, 6.45) is 2.42. The lowest BCUT2D eigenvalue weighted by Crippen LogP contribution is -2.30. The second kappa shape index (κ2) is 4.46. The minimum Gasteiger partial charge on any atom is -0.338 e. The van der Waals surface area contributed by atoms with E-state index in [0.29, 0.717) is 10.6 Å². The highest BCUT2D eigenvalue weighted by Crippen LogP contribution is 2.31. The molecule has 92 valence electrons. The molecule has 2 rings (SSSR count). The van der Waals surface area contributed by atoms with Crippen LogP contribution in [0.25, 0.3) is 0 Å². The highest BCUT2D eigenvalue weighted by Gasteiger charge is 2.33. The van der Waals surface area contributed by atoms with E-state index in [1.54, 1.807) is 0 Å². The number of hydrogen-bond donors (Lipinski definition) is 0. The van der Waals surface area contributed by atoms with Crippen molar-refractivity contribution in [1.82, 2.24) is 9.88 Å². The van der Waals surface area contributed by atoms with Gasteiger partial charge in [-0.3, -0.25) is 4.79 Å². The Morgan fingerprint density at radius 1 is 1.47 bits per heavy atom. The van der Waals surface area contributed by atoms with Gasteiger partial charge in [0.05, 0.1) is 10.6 Å². The summed E-state index contributed by atoms with van der Waals surface area (Å²) in [5, 5.41) is 0.639. The predicted molar refractivity (Wildman–Crippen MR) is 68.6 cm³/mol. The van der Waals surface area contributed by atoms with Crippen LogP contribution in [0.15, 0.2) is 12.3 Å². The fraction of sp³-hybridized carbons (Fsp3) is 0.500. The number of rotatable bonds is 1. The van der Waals surface area contributed by atoms with Gasteiger partial charge in [0, 0.05) is 19.3 Å². The van der Waals surface area contributed by atoms with Crippen LogP contribution in [0.1, 0.15) is 30.6 Å². The molecule has 0 aromatic carbocycles. The molecule has 2 heterocycles. The summed E-state index contributed by atoms with van der Waals surface area (Å²) in [7, 11) is 0. The third-order valence-corrected chi connectivity index (χ3v) is 3.52. The molecule has 0 unspecified atom stereocenters. The van der Waals surface area contributed by atoms with Crippen LogP contribution in [0, 0.1) is 5.41 Å². The van der Waals surface area contributed by atoms with Crippen LogP contribution in [0.2, 0.25) is 10.2 Å². The van der Waals surface area contributed by atoms with Gasteiger partial charge in [0.2, 0.25) is 0 Å². The summed E-state index contributed by atoms with van der Waals surface area (Å²) < 4.78 is 0. The topological polar surface area (TPSA) is 33.2 Å². The minimum absolute atomic E-state index is 0.0649. The Morgan fingerprint density at radius 2 is 2.18 bits per heavy atom. The van der Waals surface area contributed by atoms with E-state index in [1.807, 2.05) is 4.90 Å². The lowest BCUT2D eigenvalue weighted by atomic mass is 9.93. The standard InChI is InChI=1S/C12H14Cl2N2O/c1-12(2)3-4-16(7-12)11(17)8-5-10(14)15-6-9(8)13/h5-6H,3-4,7H2,1-2H3. The van der Waals surface area contributed by atoms with E-state index in [-0.39, 0.29) is 16.5 Å². The molecular formula is C12H14Cl2N2O. The lowest BCUT2D eigenvalue weighted by Gasteiger charge is -2.20. The van der Waals surface area contributed by atoms with Crippen molar-refractivity contribution in [1.29, 1.82) is 0 Å². The van der Waals surface area contributed by atoms with Crippen LogP contribution in [-0.4, -0.2) is 28.9 Å². The minimum atomic E-state index is -0.0649. The average molecular weight is 273 g/mol. The van der Waals surface area contributed by atoms with Gasteiger partial charge in [-0.1, -0.05) is 37.0 Å². The van der Waals surface area contributed by atoms with E-state index in [0.717, 1.165) is 19.5 Å². The second-order valence-corrected chi connectivity index (χ2v) is 5.92. The predicted octanol–water partition coefficient (Wildman–Crippen LogP) is 3.26. The molecule has 0 saturated carbocycles. The summed E-state index contributed by atoms with van der Waals surface area (Å²) in [6.45, 7) is 5.83. The molecule has 0 aliphatic carbocycles. The number of nitrogens with zero attached hydrogens (tertiary/aromatic N) is 2. The summed E-state index contributed by atoms with van der Waals surface area (Å²) in [5.74, 6) is -0.0649. The first-order valence-electron chi connectivity index (χ1n) is 5.49. The fourth-order valence-electron chi connectivity index (χ4n) is 2.03. The molecule has 0 bridgehead atoms. The molecule has 0 spiro atoms. The molecule has 1 aliphatic rings. The van der Waals surface area contributed by atoms with Gasteiger partial charge in [-0.15, -0.1) is 0 Å². The maximum atomic E-state index is 12.3. The van der Waals surface area contributed by atoms with Crippen LogP contribution >= 0.6 is 23.2 Å². The third-order valence-electron chi connectivity index (χ3n) is 3.02. The molecule has 1 aliphatic heterocycles. The number of aromatic nitrogens is 1. The SMILES string of the molecule is CC1(C)CCN(C(=O)c2cc(Cl)ncc2Cl)C1. The van der Waals surface area contributed by atoms with Crippen molar-refractivity contribution in [3.63, 3.8) is 0 Å². The van der Waals surface area contributed by atoms with Gasteiger partial charge in [0.1, 0.15) is 5.15 Å². The molecule has 5 heteroatoms. The molecule has 17 heavy (non-hydrogen) atoms. The zero-order valence-electron chi connectivity index (χ0n) is 9.83. The maximum absolute atomic E-state index is 12.3. The number of likely N-dealkylation sites (tertiary alicyclic amines) is 1. The number of carbonyl (C=O) groups is 1. The lowest BCUT2D eigenvalue weighted by molar-refractivity contribution is 0.0778. The molecule has 1 saturated heterocycles. The van der Waals surface area contributed by atoms with Crippen molar-refractivity contribution in [3.8, 4) is 0 Å². The van der Waals surface area contributed by atoms with E-state index in [2.05, 4.69) is 18.8 Å². The number of amides is 1. The van der Waals surface area contributed by atoms with E-state index in [9.17, 15) is 4.79 Å². The number of hydrogen-bond acceptors (Lipinski definition) is 2. The smallest absolute Gasteiger partial charge is 0.255 e. The van der Waals surface area contributed by atoms with Gasteiger partial charge in [0.15, 0.2) is 0 Å². The van der Waals surface area contributed by atoms with E-state index >= 15 is 0 Å². The van der Waals surface area contributed by atoms with Gasteiger partial charge < -0.3 is 4.90 Å². The van der Waals surface area contributed by atoms with E-state index in [4.69, 9.17) is 23.2 Å². The van der Waals surface area contributed by atoms with Crippen molar-refractivity contribution in [3.05, 3.63) is 28.0 Å². The first-order chi connectivity index (χ1) is 7.89. The van der Waals surface area contributed by atoms with Crippen molar-refractivity contribution in [2.45, 2.75) is 20.3 Å². The summed E-state index contributed by atoms with van der Waals surface area (Å²) in [5.41, 5.74) is 0.614. The second-order valence-electron chi connectivity index (χ2n) is 5.13. The zero-order chi connectivity index (χ0) is 12.6. The van der Waals surface area contributed by atoms with Crippen LogP contribution in [0.3, 0.4) is 0 Å². The van der Waals surface area contributed by atoms with Crippen LogP contribution in [0.5, 0.6) is 0 Å². The molecule has 1 fully saturated rings. The summed E-state index contributed by atoms with van der Waals surface area (Å²) in [6, 6.07) is 1.53.